The van der Waals surface area contributed by atoms with E-state index in [1.54, 1.807) is 31.4 Å². The van der Waals surface area contributed by atoms with Gasteiger partial charge in [-0.2, -0.15) is 0 Å². The lowest BCUT2D eigenvalue weighted by Gasteiger charge is -2.14. The lowest BCUT2D eigenvalue weighted by molar-refractivity contribution is 0.281. The smallest absolute Gasteiger partial charge is 0.263 e. The van der Waals surface area contributed by atoms with Crippen molar-refractivity contribution in [1.82, 2.24) is 9.97 Å². The van der Waals surface area contributed by atoms with Gasteiger partial charge in [-0.05, 0) is 25.1 Å². The summed E-state index contributed by atoms with van der Waals surface area (Å²) < 4.78 is 44.1. The average Bonchev–Trinajstić information content (AvgIpc) is 2.72. The first-order chi connectivity index (χ1) is 13.9. The van der Waals surface area contributed by atoms with Crippen molar-refractivity contribution in [3.05, 3.63) is 66.0 Å². The molecule has 1 heterocycles. The van der Waals surface area contributed by atoms with Gasteiger partial charge in [-0.25, -0.2) is 18.4 Å². The average molecular weight is 415 g/mol. The van der Waals surface area contributed by atoms with Crippen LogP contribution in [0.1, 0.15) is 11.1 Å². The van der Waals surface area contributed by atoms with Crippen molar-refractivity contribution in [1.29, 1.82) is 0 Å². The minimum absolute atomic E-state index is 0.00469. The SMILES string of the molecule is COc1cccc(COc2nccnc2NS(=O)(=O)c2ccc(C)cc2)c1OC. The van der Waals surface area contributed by atoms with Gasteiger partial charge in [0.1, 0.15) is 6.61 Å². The first-order valence-electron chi connectivity index (χ1n) is 8.68. The van der Waals surface area contributed by atoms with Crippen molar-refractivity contribution in [2.45, 2.75) is 18.4 Å². The minimum Gasteiger partial charge on any atom is -0.493 e. The molecule has 9 heteroatoms. The summed E-state index contributed by atoms with van der Waals surface area (Å²) in [5.41, 5.74) is 1.67. The molecule has 1 aromatic heterocycles. The van der Waals surface area contributed by atoms with Crippen molar-refractivity contribution < 1.29 is 22.6 Å². The molecule has 1 N–H and O–H groups in total. The van der Waals surface area contributed by atoms with Gasteiger partial charge in [0.25, 0.3) is 15.9 Å². The Morgan fingerprint density at radius 3 is 2.38 bits per heavy atom. The molecule has 3 aromatic rings. The predicted octanol–water partition coefficient (Wildman–Crippen LogP) is 3.18. The number of para-hydroxylation sites is 1. The molecule has 152 valence electrons. The van der Waals surface area contributed by atoms with Gasteiger partial charge in [0.05, 0.1) is 19.1 Å². The van der Waals surface area contributed by atoms with Gasteiger partial charge in [0.2, 0.25) is 5.82 Å². The van der Waals surface area contributed by atoms with Crippen LogP contribution in [-0.4, -0.2) is 32.6 Å². The van der Waals surface area contributed by atoms with Crippen LogP contribution in [0.2, 0.25) is 0 Å². The Morgan fingerprint density at radius 2 is 1.69 bits per heavy atom. The van der Waals surface area contributed by atoms with Crippen LogP contribution in [-0.2, 0) is 16.6 Å². The first-order valence-corrected chi connectivity index (χ1v) is 10.2. The van der Waals surface area contributed by atoms with Crippen LogP contribution in [0.15, 0.2) is 59.8 Å². The highest BCUT2D eigenvalue weighted by Gasteiger charge is 2.19. The molecule has 0 saturated carbocycles. The molecule has 0 bridgehead atoms. The van der Waals surface area contributed by atoms with Crippen molar-refractivity contribution in [2.75, 3.05) is 18.9 Å². The molecule has 0 unspecified atom stereocenters. The second-order valence-corrected chi connectivity index (χ2v) is 7.75. The van der Waals surface area contributed by atoms with Crippen LogP contribution >= 0.6 is 0 Å². The molecule has 0 radical (unpaired) electrons. The number of hydrogen-bond acceptors (Lipinski definition) is 7. The third kappa shape index (κ3) is 4.75. The number of ether oxygens (including phenoxy) is 3. The topological polar surface area (TPSA) is 99.6 Å². The van der Waals surface area contributed by atoms with E-state index in [4.69, 9.17) is 14.2 Å². The molecule has 3 rings (SSSR count). The van der Waals surface area contributed by atoms with Crippen LogP contribution in [0.4, 0.5) is 5.82 Å². The maximum absolute atomic E-state index is 12.7. The number of aryl methyl sites for hydroxylation is 1. The Bertz CT molecular complexity index is 1090. The molecule has 29 heavy (non-hydrogen) atoms. The van der Waals surface area contributed by atoms with Gasteiger partial charge >= 0.3 is 0 Å². The second kappa shape index (κ2) is 8.78. The monoisotopic (exact) mass is 415 g/mol. The van der Waals surface area contributed by atoms with Gasteiger partial charge in [-0.3, -0.25) is 4.72 Å². The van der Waals surface area contributed by atoms with Gasteiger partial charge in [0.15, 0.2) is 11.5 Å². The summed E-state index contributed by atoms with van der Waals surface area (Å²) in [4.78, 5) is 8.28. The zero-order valence-electron chi connectivity index (χ0n) is 16.2. The van der Waals surface area contributed by atoms with E-state index in [-0.39, 0.29) is 23.2 Å². The summed E-state index contributed by atoms with van der Waals surface area (Å²) in [6.07, 6.45) is 2.80. The molecule has 0 spiro atoms. The Morgan fingerprint density at radius 1 is 0.966 bits per heavy atom. The maximum atomic E-state index is 12.7. The normalized spacial score (nSPS) is 11.0. The van der Waals surface area contributed by atoms with E-state index in [1.807, 2.05) is 13.0 Å². The summed E-state index contributed by atoms with van der Waals surface area (Å²) in [5, 5.41) is 0. The standard InChI is InChI=1S/C20H21N3O5S/c1-14-7-9-16(10-8-14)29(24,25)23-19-20(22-12-11-21-19)28-13-15-5-4-6-17(26-2)18(15)27-3/h4-12H,13H2,1-3H3,(H,21,23). The van der Waals surface area contributed by atoms with Gasteiger partial charge in [-0.15, -0.1) is 0 Å². The Hall–Kier alpha value is -3.33. The lowest BCUT2D eigenvalue weighted by atomic mass is 10.2. The van der Waals surface area contributed by atoms with Crippen LogP contribution < -0.4 is 18.9 Å². The molecular formula is C20H21N3O5S. The van der Waals surface area contributed by atoms with Crippen LogP contribution in [0, 0.1) is 6.92 Å². The molecule has 0 amide bonds. The summed E-state index contributed by atoms with van der Waals surface area (Å²) >= 11 is 0. The van der Waals surface area contributed by atoms with Crippen LogP contribution in [0.25, 0.3) is 0 Å². The highest BCUT2D eigenvalue weighted by Crippen LogP contribution is 2.32. The Kier molecular flexibility index (Phi) is 6.18. The summed E-state index contributed by atoms with van der Waals surface area (Å²) in [7, 11) is -0.759. The number of nitrogens with zero attached hydrogens (tertiary/aromatic N) is 2. The van der Waals surface area contributed by atoms with E-state index >= 15 is 0 Å². The molecule has 0 fully saturated rings. The fourth-order valence-corrected chi connectivity index (χ4v) is 3.62. The van der Waals surface area contributed by atoms with Crippen LogP contribution in [0.3, 0.4) is 0 Å². The fraction of sp³-hybridized carbons (Fsp3) is 0.200. The quantitative estimate of drug-likeness (QED) is 0.603. The highest BCUT2D eigenvalue weighted by molar-refractivity contribution is 7.92. The largest absolute Gasteiger partial charge is 0.493 e. The zero-order chi connectivity index (χ0) is 20.9. The Labute approximate surface area is 169 Å². The number of benzene rings is 2. The maximum Gasteiger partial charge on any atom is 0.263 e. The number of anilines is 1. The first kappa shape index (κ1) is 20.4. The molecule has 0 atom stereocenters. The van der Waals surface area contributed by atoms with E-state index in [2.05, 4.69) is 14.7 Å². The van der Waals surface area contributed by atoms with E-state index < -0.39 is 10.0 Å². The van der Waals surface area contributed by atoms with Crippen molar-refractivity contribution in [2.24, 2.45) is 0 Å². The molecular weight excluding hydrogens is 394 g/mol. The molecule has 2 aromatic carbocycles. The van der Waals surface area contributed by atoms with E-state index in [1.165, 1.54) is 31.6 Å². The van der Waals surface area contributed by atoms with Crippen molar-refractivity contribution in [3.8, 4) is 17.4 Å². The molecule has 8 nitrogen and oxygen atoms in total. The molecule has 0 aliphatic carbocycles. The second-order valence-electron chi connectivity index (χ2n) is 6.07. The van der Waals surface area contributed by atoms with Crippen molar-refractivity contribution >= 4 is 15.8 Å². The van der Waals surface area contributed by atoms with Crippen LogP contribution in [0.5, 0.6) is 17.4 Å². The number of sulfonamides is 1. The third-order valence-electron chi connectivity index (χ3n) is 4.08. The molecule has 0 saturated heterocycles. The zero-order valence-corrected chi connectivity index (χ0v) is 17.1. The van der Waals surface area contributed by atoms with Gasteiger partial charge < -0.3 is 14.2 Å². The van der Waals surface area contributed by atoms with Crippen molar-refractivity contribution in [3.63, 3.8) is 0 Å². The number of rotatable bonds is 8. The minimum atomic E-state index is -3.84. The molecule has 0 aliphatic heterocycles. The van der Waals surface area contributed by atoms with E-state index in [0.29, 0.717) is 17.1 Å². The predicted molar refractivity (Wildman–Crippen MR) is 108 cm³/mol. The lowest BCUT2D eigenvalue weighted by Crippen LogP contribution is -2.15. The molecule has 0 aliphatic rings. The van der Waals surface area contributed by atoms with Gasteiger partial charge in [-0.1, -0.05) is 29.8 Å². The Balaban J connectivity index is 1.82. The summed E-state index contributed by atoms with van der Waals surface area (Å²) in [6, 6.07) is 11.9. The number of hydrogen-bond donors (Lipinski definition) is 1. The number of aromatic nitrogens is 2. The van der Waals surface area contributed by atoms with E-state index in [0.717, 1.165) is 5.56 Å². The number of methoxy groups -OCH3 is 2. The summed E-state index contributed by atoms with van der Waals surface area (Å²) in [5.74, 6) is 1.14. The van der Waals surface area contributed by atoms with E-state index in [9.17, 15) is 8.42 Å². The fourth-order valence-electron chi connectivity index (χ4n) is 2.62. The highest BCUT2D eigenvalue weighted by atomic mass is 32.2. The van der Waals surface area contributed by atoms with Gasteiger partial charge in [0, 0.05) is 18.0 Å². The summed E-state index contributed by atoms with van der Waals surface area (Å²) in [6.45, 7) is 1.96. The number of nitrogens with one attached hydrogen (secondary N) is 1. The third-order valence-corrected chi connectivity index (χ3v) is 5.43.